The maximum Gasteiger partial charge on any atom is 0.387 e. The number of likely N-dealkylation sites (tertiary alicyclic amines) is 1. The molecule has 0 spiro atoms. The Morgan fingerprint density at radius 3 is 2.15 bits per heavy atom. The number of amides is 1. The third kappa shape index (κ3) is 3.43. The summed E-state index contributed by atoms with van der Waals surface area (Å²) < 4.78 is -0.369. The minimum absolute atomic E-state index is 0.288. The van der Waals surface area contributed by atoms with Gasteiger partial charge in [-0.1, -0.05) is 67.6 Å². The molecule has 1 saturated heterocycles. The zero-order valence-corrected chi connectivity index (χ0v) is 15.3. The largest absolute Gasteiger partial charge is 0.544 e. The van der Waals surface area contributed by atoms with Crippen molar-refractivity contribution in [2.45, 2.75) is 31.7 Å². The van der Waals surface area contributed by atoms with Crippen LogP contribution in [0.25, 0.3) is 0 Å². The van der Waals surface area contributed by atoms with Crippen LogP contribution in [0.3, 0.4) is 0 Å². The summed E-state index contributed by atoms with van der Waals surface area (Å²) in [5, 5.41) is 12.1. The molecule has 0 N–H and O–H groups in total. The number of ketones is 1. The van der Waals surface area contributed by atoms with Crippen molar-refractivity contribution in [3.05, 3.63) is 71.8 Å². The average molecular weight is 365 g/mol. The third-order valence-corrected chi connectivity index (χ3v) is 5.48. The maximum atomic E-state index is 13.3. The standard InChI is InChI=1S/C22H23NO4/c1-2-14-23(21(25)20(24)17-11-7-4-8-12-17)15-13-18(19(23)22(26)27)16-9-5-3-6-10-16/h3-12,18-19H,2,13-15H2,1H3/t18?,19-,23?/m0/s1. The number of aliphatic carboxylic acids is 1. The number of carboxylic acids is 1. The predicted octanol–water partition coefficient (Wildman–Crippen LogP) is 1.93. The minimum Gasteiger partial charge on any atom is -0.544 e. The molecule has 0 aliphatic carbocycles. The quantitative estimate of drug-likeness (QED) is 0.445. The van der Waals surface area contributed by atoms with Crippen LogP contribution >= 0.6 is 0 Å². The van der Waals surface area contributed by atoms with Gasteiger partial charge in [0.05, 0.1) is 13.1 Å². The van der Waals surface area contributed by atoms with Gasteiger partial charge in [-0.25, -0.2) is 9.28 Å². The molecule has 3 atom stereocenters. The fraction of sp³-hybridized carbons (Fsp3) is 0.318. The van der Waals surface area contributed by atoms with Gasteiger partial charge >= 0.3 is 5.91 Å². The molecule has 2 unspecified atom stereocenters. The molecule has 3 rings (SSSR count). The van der Waals surface area contributed by atoms with E-state index in [4.69, 9.17) is 0 Å². The molecule has 27 heavy (non-hydrogen) atoms. The van der Waals surface area contributed by atoms with Crippen molar-refractivity contribution in [3.63, 3.8) is 0 Å². The summed E-state index contributed by atoms with van der Waals surface area (Å²) >= 11 is 0. The smallest absolute Gasteiger partial charge is 0.387 e. The molecule has 5 nitrogen and oxygen atoms in total. The number of quaternary nitrogens is 1. The highest BCUT2D eigenvalue weighted by Crippen LogP contribution is 2.40. The summed E-state index contributed by atoms with van der Waals surface area (Å²) in [5.74, 6) is -2.92. The molecule has 1 amide bonds. The Hall–Kier alpha value is -2.79. The summed E-state index contributed by atoms with van der Waals surface area (Å²) in [6.07, 6.45) is 1.12. The fourth-order valence-electron chi connectivity index (χ4n) is 4.32. The van der Waals surface area contributed by atoms with Gasteiger partial charge in [-0.3, -0.25) is 4.79 Å². The van der Waals surface area contributed by atoms with Gasteiger partial charge < -0.3 is 9.90 Å². The zero-order valence-electron chi connectivity index (χ0n) is 15.3. The number of carboxylic acid groups (broad SMARTS) is 1. The first-order valence-electron chi connectivity index (χ1n) is 9.28. The number of carbonyl (C=O) groups excluding carboxylic acids is 3. The summed E-state index contributed by atoms with van der Waals surface area (Å²) in [4.78, 5) is 38.3. The Bertz CT molecular complexity index is 834. The first-order valence-corrected chi connectivity index (χ1v) is 9.28. The van der Waals surface area contributed by atoms with Crippen molar-refractivity contribution in [2.75, 3.05) is 13.1 Å². The Labute approximate surface area is 158 Å². The molecule has 2 aromatic rings. The number of carbonyl (C=O) groups is 3. The average Bonchev–Trinajstić information content (AvgIpc) is 3.09. The molecular weight excluding hydrogens is 342 g/mol. The molecule has 1 aliphatic heterocycles. The zero-order chi connectivity index (χ0) is 19.4. The topological polar surface area (TPSA) is 74.3 Å². The van der Waals surface area contributed by atoms with Gasteiger partial charge in [-0.15, -0.1) is 0 Å². The molecule has 1 heterocycles. The number of rotatable bonds is 6. The van der Waals surface area contributed by atoms with Crippen molar-refractivity contribution in [3.8, 4) is 0 Å². The van der Waals surface area contributed by atoms with Crippen LogP contribution in [0.5, 0.6) is 0 Å². The number of hydrogen-bond donors (Lipinski definition) is 0. The SMILES string of the molecule is CCC[N+]1(C(=O)C(=O)c2ccccc2)CCC(c2ccccc2)[C@H]1C(=O)[O-]. The lowest BCUT2D eigenvalue weighted by molar-refractivity contribution is -0.857. The molecular formula is C22H23NO4. The first kappa shape index (κ1) is 19.0. The van der Waals surface area contributed by atoms with Crippen LogP contribution in [-0.4, -0.2) is 41.3 Å². The van der Waals surface area contributed by atoms with Crippen LogP contribution in [0.2, 0.25) is 0 Å². The second-order valence-electron chi connectivity index (χ2n) is 7.05. The van der Waals surface area contributed by atoms with Gasteiger partial charge in [0.15, 0.2) is 0 Å². The highest BCUT2D eigenvalue weighted by Gasteiger charge is 2.55. The molecule has 0 bridgehead atoms. The van der Waals surface area contributed by atoms with E-state index >= 15 is 0 Å². The van der Waals surface area contributed by atoms with Gasteiger partial charge in [0.2, 0.25) is 0 Å². The molecule has 5 heteroatoms. The van der Waals surface area contributed by atoms with Gasteiger partial charge in [-0.2, -0.15) is 0 Å². The van der Waals surface area contributed by atoms with E-state index in [0.29, 0.717) is 25.9 Å². The Morgan fingerprint density at radius 2 is 1.59 bits per heavy atom. The lowest BCUT2D eigenvalue weighted by atomic mass is 9.91. The second-order valence-corrected chi connectivity index (χ2v) is 7.05. The lowest BCUT2D eigenvalue weighted by Gasteiger charge is -2.38. The molecule has 0 saturated carbocycles. The summed E-state index contributed by atoms with van der Waals surface area (Å²) in [6.45, 7) is 2.52. The molecule has 0 aromatic heterocycles. The Balaban J connectivity index is 2.03. The van der Waals surface area contributed by atoms with Crippen LogP contribution in [-0.2, 0) is 9.59 Å². The number of nitrogens with zero attached hydrogens (tertiary/aromatic N) is 1. The first-order chi connectivity index (χ1) is 13.0. The van der Waals surface area contributed by atoms with Gasteiger partial charge in [0.1, 0.15) is 12.0 Å². The molecule has 2 aromatic carbocycles. The van der Waals surface area contributed by atoms with E-state index < -0.39 is 23.7 Å². The van der Waals surface area contributed by atoms with Crippen LogP contribution in [0, 0.1) is 0 Å². The van der Waals surface area contributed by atoms with Crippen molar-refractivity contribution in [2.24, 2.45) is 0 Å². The van der Waals surface area contributed by atoms with E-state index in [1.165, 1.54) is 0 Å². The van der Waals surface area contributed by atoms with Crippen molar-refractivity contribution >= 4 is 17.7 Å². The predicted molar refractivity (Wildman–Crippen MR) is 98.7 cm³/mol. The molecule has 0 radical (unpaired) electrons. The Morgan fingerprint density at radius 1 is 1.00 bits per heavy atom. The van der Waals surface area contributed by atoms with E-state index in [0.717, 1.165) is 5.56 Å². The van der Waals surface area contributed by atoms with Crippen LogP contribution in [0.4, 0.5) is 0 Å². The van der Waals surface area contributed by atoms with E-state index in [-0.39, 0.29) is 16.0 Å². The van der Waals surface area contributed by atoms with Crippen LogP contribution in [0.15, 0.2) is 60.7 Å². The lowest BCUT2D eigenvalue weighted by Crippen LogP contribution is -2.64. The minimum atomic E-state index is -1.27. The maximum absolute atomic E-state index is 13.3. The van der Waals surface area contributed by atoms with E-state index in [1.807, 2.05) is 37.3 Å². The number of benzene rings is 2. The van der Waals surface area contributed by atoms with Gasteiger partial charge in [0.25, 0.3) is 5.78 Å². The highest BCUT2D eigenvalue weighted by atomic mass is 16.4. The molecule has 1 fully saturated rings. The normalized spacial score (nSPS) is 24.5. The highest BCUT2D eigenvalue weighted by molar-refractivity contribution is 6.40. The number of hydrogen-bond acceptors (Lipinski definition) is 4. The van der Waals surface area contributed by atoms with Crippen molar-refractivity contribution < 1.29 is 24.0 Å². The van der Waals surface area contributed by atoms with E-state index in [1.54, 1.807) is 30.3 Å². The summed E-state index contributed by atoms with van der Waals surface area (Å²) in [6, 6.07) is 16.6. The summed E-state index contributed by atoms with van der Waals surface area (Å²) in [5.41, 5.74) is 1.15. The number of Topliss-reactive ketones (excluding diaryl/α,β-unsaturated/α-hetero) is 1. The summed E-state index contributed by atoms with van der Waals surface area (Å²) in [7, 11) is 0. The monoisotopic (exact) mass is 365 g/mol. The van der Waals surface area contributed by atoms with Crippen molar-refractivity contribution in [1.82, 2.24) is 0 Å². The third-order valence-electron chi connectivity index (χ3n) is 5.48. The van der Waals surface area contributed by atoms with Crippen molar-refractivity contribution in [1.29, 1.82) is 0 Å². The van der Waals surface area contributed by atoms with E-state index in [2.05, 4.69) is 0 Å². The van der Waals surface area contributed by atoms with Crippen LogP contribution in [0.1, 0.15) is 41.6 Å². The second kappa shape index (κ2) is 7.84. The van der Waals surface area contributed by atoms with E-state index in [9.17, 15) is 19.5 Å². The Kier molecular flexibility index (Phi) is 5.51. The molecule has 140 valence electrons. The fourth-order valence-corrected chi connectivity index (χ4v) is 4.32. The van der Waals surface area contributed by atoms with Gasteiger partial charge in [-0.05, 0) is 12.0 Å². The van der Waals surface area contributed by atoms with Gasteiger partial charge in [0, 0.05) is 17.9 Å². The van der Waals surface area contributed by atoms with Crippen LogP contribution < -0.4 is 5.11 Å². The molecule has 1 aliphatic rings.